The third-order valence-electron chi connectivity index (χ3n) is 4.08. The average molecular weight is 212 g/mol. The molecule has 0 bridgehead atoms. The fourth-order valence-corrected chi connectivity index (χ4v) is 2.46. The van der Waals surface area contributed by atoms with E-state index in [0.29, 0.717) is 5.41 Å². The van der Waals surface area contributed by atoms with Gasteiger partial charge < -0.3 is 15.8 Å². The van der Waals surface area contributed by atoms with Gasteiger partial charge in [0.05, 0.1) is 0 Å². The van der Waals surface area contributed by atoms with Crippen LogP contribution in [0.4, 0.5) is 0 Å². The van der Waals surface area contributed by atoms with Crippen molar-refractivity contribution in [1.29, 1.82) is 0 Å². The van der Waals surface area contributed by atoms with Gasteiger partial charge in [-0.2, -0.15) is 0 Å². The van der Waals surface area contributed by atoms with E-state index in [1.165, 1.54) is 32.1 Å². The lowest BCUT2D eigenvalue weighted by atomic mass is 9.77. The first-order valence-corrected chi connectivity index (χ1v) is 6.19. The predicted molar refractivity (Wildman–Crippen MR) is 61.8 cm³/mol. The molecule has 1 heterocycles. The molecule has 3 heteroatoms. The van der Waals surface area contributed by atoms with Gasteiger partial charge in [0.15, 0.2) is 0 Å². The van der Waals surface area contributed by atoms with Gasteiger partial charge in [-0.15, -0.1) is 0 Å². The summed E-state index contributed by atoms with van der Waals surface area (Å²) in [5.41, 5.74) is 6.72. The molecular weight excluding hydrogens is 188 g/mol. The number of ether oxygens (including phenoxy) is 1. The van der Waals surface area contributed by atoms with Crippen LogP contribution in [0.3, 0.4) is 0 Å². The highest BCUT2D eigenvalue weighted by molar-refractivity contribution is 4.95. The Morgan fingerprint density at radius 3 is 2.33 bits per heavy atom. The molecule has 88 valence electrons. The standard InChI is InChI=1S/C12H24N2O/c1-11(5-7-15-8-6-11)9-14-10-12(13)3-2-4-12/h14H,2-10,13H2,1H3. The molecule has 0 radical (unpaired) electrons. The number of nitrogens with one attached hydrogen (secondary N) is 1. The van der Waals surface area contributed by atoms with Crippen LogP contribution in [0.5, 0.6) is 0 Å². The molecule has 0 spiro atoms. The van der Waals surface area contributed by atoms with Gasteiger partial charge in [0.25, 0.3) is 0 Å². The number of hydrogen-bond acceptors (Lipinski definition) is 3. The van der Waals surface area contributed by atoms with Crippen molar-refractivity contribution in [3.05, 3.63) is 0 Å². The minimum atomic E-state index is 0.113. The monoisotopic (exact) mass is 212 g/mol. The molecule has 15 heavy (non-hydrogen) atoms. The van der Waals surface area contributed by atoms with Crippen molar-refractivity contribution >= 4 is 0 Å². The van der Waals surface area contributed by atoms with E-state index in [1.807, 2.05) is 0 Å². The van der Waals surface area contributed by atoms with E-state index in [1.54, 1.807) is 0 Å². The maximum Gasteiger partial charge on any atom is 0.0471 e. The van der Waals surface area contributed by atoms with Gasteiger partial charge >= 0.3 is 0 Å². The van der Waals surface area contributed by atoms with Crippen molar-refractivity contribution in [1.82, 2.24) is 5.32 Å². The van der Waals surface area contributed by atoms with Crippen LogP contribution in [-0.4, -0.2) is 31.8 Å². The van der Waals surface area contributed by atoms with E-state index in [4.69, 9.17) is 10.5 Å². The van der Waals surface area contributed by atoms with Crippen molar-refractivity contribution < 1.29 is 4.74 Å². The van der Waals surface area contributed by atoms with E-state index in [2.05, 4.69) is 12.2 Å². The molecule has 2 fully saturated rings. The van der Waals surface area contributed by atoms with Crippen LogP contribution >= 0.6 is 0 Å². The van der Waals surface area contributed by atoms with Crippen LogP contribution in [-0.2, 0) is 4.74 Å². The molecule has 1 saturated carbocycles. The van der Waals surface area contributed by atoms with E-state index < -0.39 is 0 Å². The fraction of sp³-hybridized carbons (Fsp3) is 1.00. The highest BCUT2D eigenvalue weighted by Gasteiger charge is 2.33. The van der Waals surface area contributed by atoms with Gasteiger partial charge in [-0.1, -0.05) is 6.92 Å². The zero-order chi connectivity index (χ0) is 10.8. The summed E-state index contributed by atoms with van der Waals surface area (Å²) in [6.07, 6.45) is 6.05. The second-order valence-electron chi connectivity index (χ2n) is 5.74. The Morgan fingerprint density at radius 2 is 1.80 bits per heavy atom. The molecule has 3 N–H and O–H groups in total. The van der Waals surface area contributed by atoms with Crippen LogP contribution in [0.1, 0.15) is 39.0 Å². The highest BCUT2D eigenvalue weighted by Crippen LogP contribution is 2.30. The summed E-state index contributed by atoms with van der Waals surface area (Å²) >= 11 is 0. The van der Waals surface area contributed by atoms with Crippen LogP contribution in [0.2, 0.25) is 0 Å². The maximum atomic E-state index is 6.17. The minimum Gasteiger partial charge on any atom is -0.381 e. The molecule has 1 saturated heterocycles. The second-order valence-corrected chi connectivity index (χ2v) is 5.74. The first kappa shape index (κ1) is 11.4. The fourth-order valence-electron chi connectivity index (χ4n) is 2.46. The Labute approximate surface area is 92.7 Å². The van der Waals surface area contributed by atoms with E-state index >= 15 is 0 Å². The number of rotatable bonds is 4. The van der Waals surface area contributed by atoms with Crippen molar-refractivity contribution in [2.75, 3.05) is 26.3 Å². The van der Waals surface area contributed by atoms with Crippen molar-refractivity contribution in [3.63, 3.8) is 0 Å². The Kier molecular flexibility index (Phi) is 3.33. The second kappa shape index (κ2) is 4.40. The number of hydrogen-bond donors (Lipinski definition) is 2. The average Bonchev–Trinajstić information content (AvgIpc) is 2.16. The van der Waals surface area contributed by atoms with Gasteiger partial charge in [-0.05, 0) is 37.5 Å². The van der Waals surface area contributed by atoms with E-state index in [9.17, 15) is 0 Å². The molecule has 2 aliphatic rings. The molecule has 0 aromatic heterocycles. The lowest BCUT2D eigenvalue weighted by Gasteiger charge is -2.40. The Morgan fingerprint density at radius 1 is 1.13 bits per heavy atom. The number of nitrogens with two attached hydrogens (primary N) is 1. The van der Waals surface area contributed by atoms with Crippen LogP contribution in [0.15, 0.2) is 0 Å². The topological polar surface area (TPSA) is 47.3 Å². The van der Waals surface area contributed by atoms with Crippen molar-refractivity contribution in [3.8, 4) is 0 Å². The quantitative estimate of drug-likeness (QED) is 0.738. The molecule has 2 rings (SSSR count). The molecule has 0 atom stereocenters. The molecule has 1 aliphatic carbocycles. The zero-order valence-electron chi connectivity index (χ0n) is 9.85. The van der Waals surface area contributed by atoms with Crippen molar-refractivity contribution in [2.24, 2.45) is 11.1 Å². The molecule has 3 nitrogen and oxygen atoms in total. The van der Waals surface area contributed by atoms with Crippen molar-refractivity contribution in [2.45, 2.75) is 44.6 Å². The SMILES string of the molecule is CC1(CNCC2(N)CCC2)CCOCC1. The molecular formula is C12H24N2O. The Balaban J connectivity index is 1.67. The summed E-state index contributed by atoms with van der Waals surface area (Å²) in [6, 6.07) is 0. The molecule has 0 unspecified atom stereocenters. The van der Waals surface area contributed by atoms with Crippen LogP contribution in [0.25, 0.3) is 0 Å². The molecule has 0 aromatic rings. The lowest BCUT2D eigenvalue weighted by molar-refractivity contribution is 0.0230. The van der Waals surface area contributed by atoms with Gasteiger partial charge in [0, 0.05) is 31.8 Å². The summed E-state index contributed by atoms with van der Waals surface area (Å²) in [4.78, 5) is 0. The lowest BCUT2D eigenvalue weighted by Crippen LogP contribution is -2.55. The zero-order valence-corrected chi connectivity index (χ0v) is 9.85. The summed E-state index contributed by atoms with van der Waals surface area (Å²) < 4.78 is 5.39. The Bertz CT molecular complexity index is 208. The van der Waals surface area contributed by atoms with Gasteiger partial charge in [0.1, 0.15) is 0 Å². The Hall–Kier alpha value is -0.120. The minimum absolute atomic E-state index is 0.113. The normalized spacial score (nSPS) is 28.4. The van der Waals surface area contributed by atoms with E-state index in [-0.39, 0.29) is 5.54 Å². The van der Waals surface area contributed by atoms with Gasteiger partial charge in [0.2, 0.25) is 0 Å². The summed E-state index contributed by atoms with van der Waals surface area (Å²) in [7, 11) is 0. The van der Waals surface area contributed by atoms with Gasteiger partial charge in [-0.25, -0.2) is 0 Å². The maximum absolute atomic E-state index is 6.17. The molecule has 0 aromatic carbocycles. The third kappa shape index (κ3) is 2.92. The third-order valence-corrected chi connectivity index (χ3v) is 4.08. The highest BCUT2D eigenvalue weighted by atomic mass is 16.5. The largest absolute Gasteiger partial charge is 0.381 e. The summed E-state index contributed by atoms with van der Waals surface area (Å²) in [5.74, 6) is 0. The van der Waals surface area contributed by atoms with Crippen LogP contribution < -0.4 is 11.1 Å². The first-order chi connectivity index (χ1) is 7.12. The predicted octanol–water partition coefficient (Wildman–Crippen LogP) is 1.27. The molecule has 1 aliphatic heterocycles. The molecule has 0 amide bonds. The summed E-state index contributed by atoms with van der Waals surface area (Å²) in [6.45, 7) is 6.28. The smallest absolute Gasteiger partial charge is 0.0471 e. The first-order valence-electron chi connectivity index (χ1n) is 6.19. The van der Waals surface area contributed by atoms with Gasteiger partial charge in [-0.3, -0.25) is 0 Å². The van der Waals surface area contributed by atoms with Crippen LogP contribution in [0, 0.1) is 5.41 Å². The summed E-state index contributed by atoms with van der Waals surface area (Å²) in [5, 5.41) is 3.56. The van der Waals surface area contributed by atoms with E-state index in [0.717, 1.165) is 26.3 Å².